The van der Waals surface area contributed by atoms with Crippen LogP contribution in [0.3, 0.4) is 0 Å². The highest BCUT2D eigenvalue weighted by Gasteiger charge is 2.30. The maximum atomic E-state index is 12.1. The van der Waals surface area contributed by atoms with Crippen molar-refractivity contribution in [2.24, 2.45) is 13.0 Å². The zero-order valence-electron chi connectivity index (χ0n) is 11.9. The molecular weight excluding hydrogens is 296 g/mol. The summed E-state index contributed by atoms with van der Waals surface area (Å²) in [5.41, 5.74) is 0.824. The van der Waals surface area contributed by atoms with E-state index in [0.717, 1.165) is 5.69 Å². The van der Waals surface area contributed by atoms with E-state index in [2.05, 4.69) is 9.82 Å². The van der Waals surface area contributed by atoms with E-state index in [1.807, 2.05) is 6.07 Å². The molecule has 1 saturated heterocycles. The molecule has 8 nitrogen and oxygen atoms in total. The lowest BCUT2D eigenvalue weighted by Gasteiger charge is -2.29. The van der Waals surface area contributed by atoms with Gasteiger partial charge in [0.2, 0.25) is 0 Å². The Balaban J connectivity index is 1.81. The van der Waals surface area contributed by atoms with E-state index in [4.69, 9.17) is 5.11 Å². The fourth-order valence-electron chi connectivity index (χ4n) is 2.34. The normalized spacial score (nSPS) is 18.0. The van der Waals surface area contributed by atoms with E-state index in [9.17, 15) is 13.2 Å². The Labute approximate surface area is 123 Å². The topological polar surface area (TPSA) is 105 Å². The van der Waals surface area contributed by atoms with Crippen molar-refractivity contribution in [1.29, 1.82) is 0 Å². The first-order valence-corrected chi connectivity index (χ1v) is 8.28. The summed E-state index contributed by atoms with van der Waals surface area (Å²) in [6.07, 6.45) is 3.04. The molecule has 0 amide bonds. The number of rotatable bonds is 6. The standard InChI is InChI=1S/C12H20N4O4S/c1-15-7-5-11(14-15)2-6-13-21(19,20)16-8-3-10(4-9-16)12(17)18/h5,7,10,13H,2-4,6,8-9H2,1H3,(H,17,18). The number of nitrogens with zero attached hydrogens (tertiary/aromatic N) is 3. The molecule has 2 heterocycles. The predicted molar refractivity (Wildman–Crippen MR) is 75.8 cm³/mol. The van der Waals surface area contributed by atoms with Gasteiger partial charge in [0.05, 0.1) is 11.6 Å². The third-order valence-corrected chi connectivity index (χ3v) is 5.19. The fourth-order valence-corrected chi connectivity index (χ4v) is 3.57. The molecule has 0 aliphatic carbocycles. The highest BCUT2D eigenvalue weighted by molar-refractivity contribution is 7.87. The van der Waals surface area contributed by atoms with Gasteiger partial charge in [-0.3, -0.25) is 9.48 Å². The number of carboxylic acid groups (broad SMARTS) is 1. The first kappa shape index (κ1) is 15.9. The molecule has 21 heavy (non-hydrogen) atoms. The molecule has 0 bridgehead atoms. The van der Waals surface area contributed by atoms with Gasteiger partial charge >= 0.3 is 5.97 Å². The van der Waals surface area contributed by atoms with Crippen molar-refractivity contribution in [1.82, 2.24) is 18.8 Å². The quantitative estimate of drug-likeness (QED) is 0.742. The second kappa shape index (κ2) is 6.54. The van der Waals surface area contributed by atoms with Crippen LogP contribution in [-0.2, 0) is 28.5 Å². The van der Waals surface area contributed by atoms with Gasteiger partial charge in [0.15, 0.2) is 0 Å². The summed E-state index contributed by atoms with van der Waals surface area (Å²) in [5.74, 6) is -1.29. The predicted octanol–water partition coefficient (Wildman–Crippen LogP) is -0.406. The van der Waals surface area contributed by atoms with Crippen molar-refractivity contribution in [3.8, 4) is 0 Å². The minimum absolute atomic E-state index is 0.246. The van der Waals surface area contributed by atoms with Gasteiger partial charge in [-0.1, -0.05) is 0 Å². The number of piperidine rings is 1. The van der Waals surface area contributed by atoms with E-state index < -0.39 is 22.1 Å². The van der Waals surface area contributed by atoms with Crippen LogP contribution in [0.15, 0.2) is 12.3 Å². The Hall–Kier alpha value is -1.45. The Morgan fingerprint density at radius 3 is 2.67 bits per heavy atom. The highest BCUT2D eigenvalue weighted by atomic mass is 32.2. The van der Waals surface area contributed by atoms with Crippen molar-refractivity contribution >= 4 is 16.2 Å². The summed E-state index contributed by atoms with van der Waals surface area (Å²) < 4.78 is 29.7. The molecule has 0 atom stereocenters. The van der Waals surface area contributed by atoms with E-state index in [1.165, 1.54) is 4.31 Å². The van der Waals surface area contributed by atoms with E-state index in [-0.39, 0.29) is 19.6 Å². The summed E-state index contributed by atoms with van der Waals surface area (Å²) >= 11 is 0. The van der Waals surface area contributed by atoms with Gasteiger partial charge in [-0.15, -0.1) is 0 Å². The zero-order chi connectivity index (χ0) is 15.5. The van der Waals surface area contributed by atoms with E-state index in [0.29, 0.717) is 19.3 Å². The van der Waals surface area contributed by atoms with Crippen LogP contribution < -0.4 is 4.72 Å². The molecule has 1 fully saturated rings. The molecular formula is C12H20N4O4S. The van der Waals surface area contributed by atoms with Gasteiger partial charge in [0.25, 0.3) is 10.2 Å². The highest BCUT2D eigenvalue weighted by Crippen LogP contribution is 2.19. The number of aromatic nitrogens is 2. The van der Waals surface area contributed by atoms with Gasteiger partial charge in [-0.25, -0.2) is 4.72 Å². The van der Waals surface area contributed by atoms with Gasteiger partial charge < -0.3 is 5.11 Å². The fraction of sp³-hybridized carbons (Fsp3) is 0.667. The number of hydrogen-bond donors (Lipinski definition) is 2. The van der Waals surface area contributed by atoms with Crippen LogP contribution in [0.2, 0.25) is 0 Å². The van der Waals surface area contributed by atoms with Crippen LogP contribution in [-0.4, -0.2) is 53.2 Å². The Bertz CT molecular complexity index is 590. The van der Waals surface area contributed by atoms with Crippen LogP contribution >= 0.6 is 0 Å². The molecule has 1 aliphatic rings. The molecule has 2 N–H and O–H groups in total. The zero-order valence-corrected chi connectivity index (χ0v) is 12.7. The molecule has 0 unspecified atom stereocenters. The molecule has 118 valence electrons. The summed E-state index contributed by atoms with van der Waals surface area (Å²) in [6, 6.07) is 1.84. The van der Waals surface area contributed by atoms with Crippen LogP contribution in [0.4, 0.5) is 0 Å². The molecule has 0 aromatic carbocycles. The summed E-state index contributed by atoms with van der Waals surface area (Å²) in [7, 11) is -1.73. The van der Waals surface area contributed by atoms with Crippen molar-refractivity contribution < 1.29 is 18.3 Å². The largest absolute Gasteiger partial charge is 0.481 e. The third-order valence-electron chi connectivity index (χ3n) is 3.58. The monoisotopic (exact) mass is 316 g/mol. The Kier molecular flexibility index (Phi) is 4.96. The second-order valence-electron chi connectivity index (χ2n) is 5.14. The molecule has 9 heteroatoms. The van der Waals surface area contributed by atoms with Crippen molar-refractivity contribution in [3.05, 3.63) is 18.0 Å². The number of aliphatic carboxylic acids is 1. The van der Waals surface area contributed by atoms with Crippen LogP contribution in [0, 0.1) is 5.92 Å². The molecule has 1 aliphatic heterocycles. The van der Waals surface area contributed by atoms with Crippen molar-refractivity contribution in [2.75, 3.05) is 19.6 Å². The number of hydrogen-bond acceptors (Lipinski definition) is 4. The van der Waals surface area contributed by atoms with Crippen LogP contribution in [0.5, 0.6) is 0 Å². The average molecular weight is 316 g/mol. The summed E-state index contributed by atoms with van der Waals surface area (Å²) in [5, 5.41) is 13.1. The molecule has 2 rings (SSSR count). The first-order valence-electron chi connectivity index (χ1n) is 6.84. The lowest BCUT2D eigenvalue weighted by atomic mass is 9.99. The van der Waals surface area contributed by atoms with Crippen LogP contribution in [0.25, 0.3) is 0 Å². The molecule has 1 aromatic heterocycles. The van der Waals surface area contributed by atoms with Crippen molar-refractivity contribution in [2.45, 2.75) is 19.3 Å². The number of aryl methyl sites for hydroxylation is 1. The lowest BCUT2D eigenvalue weighted by Crippen LogP contribution is -2.46. The number of carbonyl (C=O) groups is 1. The molecule has 0 saturated carbocycles. The Morgan fingerprint density at radius 2 is 2.14 bits per heavy atom. The van der Waals surface area contributed by atoms with Crippen molar-refractivity contribution in [3.63, 3.8) is 0 Å². The lowest BCUT2D eigenvalue weighted by molar-refractivity contribution is -0.142. The van der Waals surface area contributed by atoms with E-state index >= 15 is 0 Å². The van der Waals surface area contributed by atoms with Gasteiger partial charge in [0, 0.05) is 39.3 Å². The third kappa shape index (κ3) is 4.26. The molecule has 1 aromatic rings. The maximum absolute atomic E-state index is 12.1. The summed E-state index contributed by atoms with van der Waals surface area (Å²) in [4.78, 5) is 10.8. The minimum Gasteiger partial charge on any atom is -0.481 e. The smallest absolute Gasteiger partial charge is 0.306 e. The molecule has 0 radical (unpaired) electrons. The Morgan fingerprint density at radius 1 is 1.48 bits per heavy atom. The van der Waals surface area contributed by atoms with E-state index in [1.54, 1.807) is 17.9 Å². The number of carboxylic acids is 1. The van der Waals surface area contributed by atoms with Gasteiger partial charge in [-0.2, -0.15) is 17.8 Å². The molecule has 0 spiro atoms. The number of nitrogens with one attached hydrogen (secondary N) is 1. The van der Waals surface area contributed by atoms with Crippen LogP contribution in [0.1, 0.15) is 18.5 Å². The van der Waals surface area contributed by atoms with Gasteiger partial charge in [0.1, 0.15) is 0 Å². The average Bonchev–Trinajstić information content (AvgIpc) is 2.84. The summed E-state index contributed by atoms with van der Waals surface area (Å²) in [6.45, 7) is 0.768. The first-order chi connectivity index (χ1) is 9.88. The maximum Gasteiger partial charge on any atom is 0.306 e. The minimum atomic E-state index is -3.54. The van der Waals surface area contributed by atoms with Gasteiger partial charge in [-0.05, 0) is 18.9 Å². The second-order valence-corrected chi connectivity index (χ2v) is 6.90. The SMILES string of the molecule is Cn1ccc(CCNS(=O)(=O)N2CCC(C(=O)O)CC2)n1.